The zero-order chi connectivity index (χ0) is 21.6. The van der Waals surface area contributed by atoms with Gasteiger partial charge in [-0.05, 0) is 50.2 Å². The highest BCUT2D eigenvalue weighted by Gasteiger charge is 2.22. The number of nitrogens with zero attached hydrogens (tertiary/aromatic N) is 2. The van der Waals surface area contributed by atoms with Crippen LogP contribution in [-0.2, 0) is 14.8 Å². The Hall–Kier alpha value is -2.38. The second-order valence-corrected chi connectivity index (χ2v) is 9.91. The minimum atomic E-state index is -3.72. The number of sulfonamides is 1. The number of likely N-dealkylation sites (N-methyl/N-ethyl adjacent to an activating group) is 1. The number of hydrogen-bond donors (Lipinski definition) is 1. The van der Waals surface area contributed by atoms with Gasteiger partial charge in [-0.15, -0.1) is 0 Å². The van der Waals surface area contributed by atoms with E-state index in [1.165, 1.54) is 43.1 Å². The molecule has 30 heavy (non-hydrogen) atoms. The molecule has 162 valence electrons. The van der Waals surface area contributed by atoms with Crippen LogP contribution in [0.5, 0.6) is 0 Å². The van der Waals surface area contributed by atoms with Gasteiger partial charge in [0.05, 0.1) is 17.1 Å². The van der Waals surface area contributed by atoms with Crippen LogP contribution in [0.25, 0.3) is 0 Å². The normalized spacial score (nSPS) is 15.6. The van der Waals surface area contributed by atoms with E-state index in [2.05, 4.69) is 10.2 Å². The molecule has 1 saturated carbocycles. The van der Waals surface area contributed by atoms with E-state index < -0.39 is 10.0 Å². The first-order valence-electron chi connectivity index (χ1n) is 10.5. The second-order valence-electron chi connectivity index (χ2n) is 7.94. The predicted molar refractivity (Wildman–Crippen MR) is 121 cm³/mol. The first-order valence-corrected chi connectivity index (χ1v) is 12.0. The van der Waals surface area contributed by atoms with E-state index in [1.807, 2.05) is 13.1 Å². The molecule has 6 nitrogen and oxygen atoms in total. The van der Waals surface area contributed by atoms with Crippen LogP contribution in [0.3, 0.4) is 0 Å². The fourth-order valence-corrected chi connectivity index (χ4v) is 5.17. The van der Waals surface area contributed by atoms with Gasteiger partial charge < -0.3 is 5.32 Å². The lowest BCUT2D eigenvalue weighted by Gasteiger charge is -2.26. The van der Waals surface area contributed by atoms with Gasteiger partial charge in [-0.25, -0.2) is 8.42 Å². The highest BCUT2D eigenvalue weighted by Crippen LogP contribution is 2.24. The average Bonchev–Trinajstić information content (AvgIpc) is 3.03. The van der Waals surface area contributed by atoms with Crippen molar-refractivity contribution in [2.24, 2.45) is 0 Å². The molecule has 1 amide bonds. The molecule has 0 atom stereocenters. The number of carbonyl (C=O) groups is 1. The molecule has 1 fully saturated rings. The second kappa shape index (κ2) is 10.1. The van der Waals surface area contributed by atoms with Crippen molar-refractivity contribution in [1.29, 1.82) is 0 Å². The highest BCUT2D eigenvalue weighted by molar-refractivity contribution is 7.92. The summed E-state index contributed by atoms with van der Waals surface area (Å²) in [5.74, 6) is -0.132. The van der Waals surface area contributed by atoms with Crippen LogP contribution in [0.4, 0.5) is 11.4 Å². The van der Waals surface area contributed by atoms with Crippen LogP contribution in [0.1, 0.15) is 38.5 Å². The number of para-hydroxylation sites is 1. The molecule has 1 aliphatic carbocycles. The number of anilines is 2. The molecule has 0 radical (unpaired) electrons. The van der Waals surface area contributed by atoms with Crippen LogP contribution in [0, 0.1) is 0 Å². The molecule has 0 aromatic heterocycles. The average molecular weight is 430 g/mol. The Balaban J connectivity index is 1.66. The summed E-state index contributed by atoms with van der Waals surface area (Å²) in [5, 5.41) is 2.86. The minimum Gasteiger partial charge on any atom is -0.325 e. The van der Waals surface area contributed by atoms with Gasteiger partial charge in [-0.1, -0.05) is 49.9 Å². The molecular weight excluding hydrogens is 398 g/mol. The number of nitrogens with one attached hydrogen (secondary N) is 1. The molecule has 2 aromatic rings. The van der Waals surface area contributed by atoms with Crippen molar-refractivity contribution in [1.82, 2.24) is 4.90 Å². The Morgan fingerprint density at radius 2 is 1.63 bits per heavy atom. The molecule has 2 aromatic carbocycles. The summed E-state index contributed by atoms with van der Waals surface area (Å²) in [6.45, 7) is 0.297. The molecule has 0 bridgehead atoms. The minimum absolute atomic E-state index is 0.132. The van der Waals surface area contributed by atoms with Crippen molar-refractivity contribution in [3.8, 4) is 0 Å². The summed E-state index contributed by atoms with van der Waals surface area (Å²) in [6.07, 6.45) is 7.23. The SMILES string of the molecule is CN(CC(=O)Nc1cccc(S(=O)(=O)N(C)c2ccccc2)c1)C1CCCCCC1. The largest absolute Gasteiger partial charge is 0.325 e. The van der Waals surface area contributed by atoms with E-state index in [4.69, 9.17) is 0 Å². The van der Waals surface area contributed by atoms with E-state index in [1.54, 1.807) is 42.5 Å². The molecule has 0 heterocycles. The number of amides is 1. The van der Waals surface area contributed by atoms with Gasteiger partial charge in [-0.2, -0.15) is 0 Å². The lowest BCUT2D eigenvalue weighted by molar-refractivity contribution is -0.117. The fourth-order valence-electron chi connectivity index (χ4n) is 3.92. The maximum Gasteiger partial charge on any atom is 0.264 e. The number of benzene rings is 2. The third-order valence-corrected chi connectivity index (χ3v) is 7.52. The van der Waals surface area contributed by atoms with E-state index in [-0.39, 0.29) is 10.8 Å². The Morgan fingerprint density at radius 3 is 2.30 bits per heavy atom. The molecule has 0 aliphatic heterocycles. The fraction of sp³-hybridized carbons (Fsp3) is 0.435. The van der Waals surface area contributed by atoms with Crippen molar-refractivity contribution in [2.45, 2.75) is 49.5 Å². The van der Waals surface area contributed by atoms with Gasteiger partial charge in [0.25, 0.3) is 10.0 Å². The van der Waals surface area contributed by atoms with Crippen LogP contribution in [0.2, 0.25) is 0 Å². The van der Waals surface area contributed by atoms with Crippen LogP contribution >= 0.6 is 0 Å². The summed E-state index contributed by atoms with van der Waals surface area (Å²) < 4.78 is 27.2. The zero-order valence-corrected chi connectivity index (χ0v) is 18.6. The van der Waals surface area contributed by atoms with E-state index in [9.17, 15) is 13.2 Å². The monoisotopic (exact) mass is 429 g/mol. The molecular formula is C23H31N3O3S. The Kier molecular flexibility index (Phi) is 7.50. The maximum absolute atomic E-state index is 13.0. The van der Waals surface area contributed by atoms with Crippen molar-refractivity contribution >= 4 is 27.3 Å². The van der Waals surface area contributed by atoms with E-state index in [0.29, 0.717) is 24.0 Å². The summed E-state index contributed by atoms with van der Waals surface area (Å²) in [5.41, 5.74) is 1.06. The lowest BCUT2D eigenvalue weighted by Crippen LogP contribution is -2.37. The van der Waals surface area contributed by atoms with Gasteiger partial charge in [0, 0.05) is 18.8 Å². The van der Waals surface area contributed by atoms with E-state index >= 15 is 0 Å². The molecule has 7 heteroatoms. The standard InChI is InChI=1S/C23H31N3O3S/c1-25(20-12-6-3-4-7-13-20)18-23(27)24-19-11-10-16-22(17-19)30(28,29)26(2)21-14-8-5-9-15-21/h5,8-11,14-17,20H,3-4,6-7,12-13,18H2,1-2H3,(H,24,27). The Morgan fingerprint density at radius 1 is 0.967 bits per heavy atom. The van der Waals surface area contributed by atoms with E-state index in [0.717, 1.165) is 12.8 Å². The first-order chi connectivity index (χ1) is 14.4. The molecule has 1 aliphatic rings. The van der Waals surface area contributed by atoms with Gasteiger partial charge in [0.1, 0.15) is 0 Å². The van der Waals surface area contributed by atoms with Gasteiger partial charge >= 0.3 is 0 Å². The summed E-state index contributed by atoms with van der Waals surface area (Å²) in [6, 6.07) is 15.8. The topological polar surface area (TPSA) is 69.7 Å². The summed E-state index contributed by atoms with van der Waals surface area (Å²) in [4.78, 5) is 14.8. The predicted octanol–water partition coefficient (Wildman–Crippen LogP) is 4.10. The van der Waals surface area contributed by atoms with Crippen molar-refractivity contribution < 1.29 is 13.2 Å². The van der Waals surface area contributed by atoms with Crippen molar-refractivity contribution in [3.63, 3.8) is 0 Å². The van der Waals surface area contributed by atoms with Gasteiger partial charge in [-0.3, -0.25) is 14.0 Å². The Labute approximate surface area is 179 Å². The van der Waals surface area contributed by atoms with Gasteiger partial charge in [0.15, 0.2) is 0 Å². The van der Waals surface area contributed by atoms with Crippen LogP contribution in [-0.4, -0.2) is 45.9 Å². The summed E-state index contributed by atoms with van der Waals surface area (Å²) in [7, 11) is -0.206. The van der Waals surface area contributed by atoms with Crippen LogP contribution < -0.4 is 9.62 Å². The molecule has 0 saturated heterocycles. The first kappa shape index (κ1) is 22.3. The zero-order valence-electron chi connectivity index (χ0n) is 17.8. The smallest absolute Gasteiger partial charge is 0.264 e. The third kappa shape index (κ3) is 5.61. The molecule has 0 unspecified atom stereocenters. The summed E-state index contributed by atoms with van der Waals surface area (Å²) >= 11 is 0. The van der Waals surface area contributed by atoms with Crippen molar-refractivity contribution in [2.75, 3.05) is 30.3 Å². The lowest BCUT2D eigenvalue weighted by atomic mass is 10.1. The Bertz CT molecular complexity index is 939. The van der Waals surface area contributed by atoms with Gasteiger partial charge in [0.2, 0.25) is 5.91 Å². The van der Waals surface area contributed by atoms with Crippen LogP contribution in [0.15, 0.2) is 59.5 Å². The van der Waals surface area contributed by atoms with Crippen molar-refractivity contribution in [3.05, 3.63) is 54.6 Å². The molecule has 0 spiro atoms. The maximum atomic E-state index is 13.0. The number of carbonyl (C=O) groups excluding carboxylic acids is 1. The number of rotatable bonds is 7. The third-order valence-electron chi connectivity index (χ3n) is 5.74. The molecule has 1 N–H and O–H groups in total. The quantitative estimate of drug-likeness (QED) is 0.673. The number of hydrogen-bond acceptors (Lipinski definition) is 4. The molecule has 3 rings (SSSR count). The highest BCUT2D eigenvalue weighted by atomic mass is 32.2.